The van der Waals surface area contributed by atoms with Gasteiger partial charge in [0.25, 0.3) is 0 Å². The number of nitrogens with zero attached hydrogens (tertiary/aromatic N) is 4. The summed E-state index contributed by atoms with van der Waals surface area (Å²) in [5, 5.41) is 17.0. The first-order valence-corrected chi connectivity index (χ1v) is 10.6. The number of H-pyrrole nitrogens is 1. The minimum atomic E-state index is -0.932. The molecule has 1 atom stereocenters. The van der Waals surface area contributed by atoms with Crippen molar-refractivity contribution >= 4 is 22.7 Å². The Bertz CT molecular complexity index is 1320. The average Bonchev–Trinajstić information content (AvgIpc) is 3.37. The molecule has 1 aliphatic heterocycles. The first-order valence-electron chi connectivity index (χ1n) is 10.6. The predicted octanol–water partition coefficient (Wildman–Crippen LogP) is 3.27. The third kappa shape index (κ3) is 4.05. The third-order valence-corrected chi connectivity index (χ3v) is 5.80. The van der Waals surface area contributed by atoms with E-state index in [0.717, 1.165) is 39.1 Å². The SMILES string of the molecule is COc1ccc2c(c1)C[C@@H](c1nc(N(C)CC(=O)O)c3cc(-c4cn[nH]c4)ccc3n1)CO2. The van der Waals surface area contributed by atoms with Gasteiger partial charge in [0.15, 0.2) is 0 Å². The lowest BCUT2D eigenvalue weighted by atomic mass is 9.95. The molecule has 0 spiro atoms. The van der Waals surface area contributed by atoms with Crippen LogP contribution in [0.2, 0.25) is 0 Å². The Morgan fingerprint density at radius 2 is 2.12 bits per heavy atom. The summed E-state index contributed by atoms with van der Waals surface area (Å²) in [5.74, 6) is 1.80. The summed E-state index contributed by atoms with van der Waals surface area (Å²) in [6, 6.07) is 11.6. The molecular weight excluding hydrogens is 422 g/mol. The second kappa shape index (κ2) is 8.42. The molecule has 0 radical (unpaired) electrons. The Morgan fingerprint density at radius 3 is 2.88 bits per heavy atom. The van der Waals surface area contributed by atoms with E-state index in [0.29, 0.717) is 24.7 Å². The Labute approximate surface area is 190 Å². The van der Waals surface area contributed by atoms with Gasteiger partial charge in [-0.1, -0.05) is 6.07 Å². The fourth-order valence-electron chi connectivity index (χ4n) is 4.13. The van der Waals surface area contributed by atoms with Crippen LogP contribution >= 0.6 is 0 Å². The summed E-state index contributed by atoms with van der Waals surface area (Å²) in [4.78, 5) is 22.7. The summed E-state index contributed by atoms with van der Waals surface area (Å²) in [6.45, 7) is 0.267. The van der Waals surface area contributed by atoms with E-state index in [9.17, 15) is 9.90 Å². The number of anilines is 1. The zero-order chi connectivity index (χ0) is 22.9. The maximum Gasteiger partial charge on any atom is 0.323 e. The molecule has 9 heteroatoms. The minimum absolute atomic E-state index is 0.0699. The Hall–Kier alpha value is -4.14. The first kappa shape index (κ1) is 20.7. The molecule has 2 N–H and O–H groups in total. The highest BCUT2D eigenvalue weighted by molar-refractivity contribution is 5.94. The number of fused-ring (bicyclic) bond motifs is 2. The van der Waals surface area contributed by atoms with Gasteiger partial charge >= 0.3 is 5.97 Å². The molecular formula is C24H23N5O4. The molecule has 4 aromatic rings. The maximum absolute atomic E-state index is 11.4. The van der Waals surface area contributed by atoms with Crippen molar-refractivity contribution in [2.45, 2.75) is 12.3 Å². The van der Waals surface area contributed by atoms with Crippen LogP contribution in [-0.4, -0.2) is 58.6 Å². The Kier molecular flexibility index (Phi) is 5.29. The maximum atomic E-state index is 11.4. The second-order valence-corrected chi connectivity index (χ2v) is 8.06. The highest BCUT2D eigenvalue weighted by Crippen LogP contribution is 2.36. The van der Waals surface area contributed by atoms with Crippen molar-refractivity contribution in [2.24, 2.45) is 0 Å². The van der Waals surface area contributed by atoms with E-state index in [1.54, 1.807) is 25.3 Å². The quantitative estimate of drug-likeness (QED) is 0.465. The number of hydrogen-bond acceptors (Lipinski definition) is 7. The first-order chi connectivity index (χ1) is 16.0. The van der Waals surface area contributed by atoms with E-state index >= 15 is 0 Å². The molecule has 0 bridgehead atoms. The topological polar surface area (TPSA) is 113 Å². The lowest BCUT2D eigenvalue weighted by molar-refractivity contribution is -0.135. The largest absolute Gasteiger partial charge is 0.497 e. The number of aromatic nitrogens is 4. The van der Waals surface area contributed by atoms with E-state index in [2.05, 4.69) is 10.2 Å². The molecule has 0 aliphatic carbocycles. The summed E-state index contributed by atoms with van der Waals surface area (Å²) < 4.78 is 11.3. The monoisotopic (exact) mass is 445 g/mol. The van der Waals surface area contributed by atoms with Crippen molar-refractivity contribution in [2.75, 3.05) is 32.2 Å². The van der Waals surface area contributed by atoms with Crippen LogP contribution in [0.3, 0.4) is 0 Å². The highest BCUT2D eigenvalue weighted by Gasteiger charge is 2.26. The highest BCUT2D eigenvalue weighted by atomic mass is 16.5. The second-order valence-electron chi connectivity index (χ2n) is 8.06. The lowest BCUT2D eigenvalue weighted by Crippen LogP contribution is -2.28. The van der Waals surface area contributed by atoms with Crippen LogP contribution < -0.4 is 14.4 Å². The van der Waals surface area contributed by atoms with Crippen LogP contribution in [-0.2, 0) is 11.2 Å². The van der Waals surface area contributed by atoms with Gasteiger partial charge in [-0.3, -0.25) is 9.89 Å². The molecule has 2 aromatic carbocycles. The van der Waals surface area contributed by atoms with Gasteiger partial charge in [0.1, 0.15) is 29.7 Å². The fourth-order valence-corrected chi connectivity index (χ4v) is 4.13. The van der Waals surface area contributed by atoms with Crippen LogP contribution in [0.15, 0.2) is 48.8 Å². The third-order valence-electron chi connectivity index (χ3n) is 5.80. The van der Waals surface area contributed by atoms with Crippen molar-refractivity contribution in [1.29, 1.82) is 0 Å². The Balaban J connectivity index is 1.58. The molecule has 5 rings (SSSR count). The fraction of sp³-hybridized carbons (Fsp3) is 0.250. The molecule has 0 saturated heterocycles. The van der Waals surface area contributed by atoms with Crippen molar-refractivity contribution in [3.63, 3.8) is 0 Å². The van der Waals surface area contributed by atoms with Crippen molar-refractivity contribution < 1.29 is 19.4 Å². The van der Waals surface area contributed by atoms with Crippen molar-refractivity contribution in [3.05, 3.63) is 60.2 Å². The van der Waals surface area contributed by atoms with Gasteiger partial charge in [-0.15, -0.1) is 0 Å². The Morgan fingerprint density at radius 1 is 1.24 bits per heavy atom. The van der Waals surface area contributed by atoms with Crippen molar-refractivity contribution in [1.82, 2.24) is 20.2 Å². The van der Waals surface area contributed by atoms with Crippen molar-refractivity contribution in [3.8, 4) is 22.6 Å². The predicted molar refractivity (Wildman–Crippen MR) is 123 cm³/mol. The van der Waals surface area contributed by atoms with Gasteiger partial charge in [0.05, 0.1) is 31.3 Å². The molecule has 3 heterocycles. The number of methoxy groups -OCH3 is 1. The number of aliphatic carboxylic acids is 1. The lowest BCUT2D eigenvalue weighted by Gasteiger charge is -2.26. The number of hydrogen-bond donors (Lipinski definition) is 2. The van der Waals surface area contributed by atoms with Gasteiger partial charge in [0.2, 0.25) is 0 Å². The van der Waals surface area contributed by atoms with Gasteiger partial charge in [0, 0.05) is 24.2 Å². The number of ether oxygens (including phenoxy) is 2. The van der Waals surface area contributed by atoms with E-state index in [1.165, 1.54) is 0 Å². The summed E-state index contributed by atoms with van der Waals surface area (Å²) >= 11 is 0. The molecule has 0 saturated carbocycles. The van der Waals surface area contributed by atoms with Crippen LogP contribution in [0.1, 0.15) is 17.3 Å². The molecule has 1 aliphatic rings. The minimum Gasteiger partial charge on any atom is -0.497 e. The molecule has 9 nitrogen and oxygen atoms in total. The average molecular weight is 445 g/mol. The van der Waals surface area contributed by atoms with Crippen LogP contribution in [0, 0.1) is 0 Å². The number of likely N-dealkylation sites (N-methyl/N-ethyl adjacent to an activating group) is 1. The number of rotatable bonds is 6. The van der Waals surface area contributed by atoms with E-state index in [1.807, 2.05) is 42.6 Å². The van der Waals surface area contributed by atoms with E-state index in [4.69, 9.17) is 19.4 Å². The number of nitrogens with one attached hydrogen (secondary N) is 1. The summed E-state index contributed by atoms with van der Waals surface area (Å²) in [5.41, 5.74) is 3.65. The van der Waals surface area contributed by atoms with Crippen LogP contribution in [0.5, 0.6) is 11.5 Å². The number of carboxylic acid groups (broad SMARTS) is 1. The van der Waals surface area contributed by atoms with Crippen LogP contribution in [0.4, 0.5) is 5.82 Å². The zero-order valence-corrected chi connectivity index (χ0v) is 18.3. The molecule has 0 amide bonds. The molecule has 2 aromatic heterocycles. The molecule has 168 valence electrons. The van der Waals surface area contributed by atoms with Gasteiger partial charge in [-0.2, -0.15) is 5.10 Å². The summed E-state index contributed by atoms with van der Waals surface area (Å²) in [7, 11) is 3.36. The molecule has 0 unspecified atom stereocenters. The molecule has 0 fully saturated rings. The normalized spacial score (nSPS) is 15.0. The standard InChI is InChI=1S/C24H23N5O4/c1-29(12-22(30)31)24-19-9-14(17-10-25-26-11-17)3-5-20(19)27-23(28-24)16-7-15-8-18(32-2)4-6-21(15)33-13-16/h3-6,8-11,16H,7,12-13H2,1-2H3,(H,25,26)(H,30,31)/t16-/m1/s1. The zero-order valence-electron chi connectivity index (χ0n) is 18.3. The summed E-state index contributed by atoms with van der Waals surface area (Å²) in [6.07, 6.45) is 4.25. The van der Waals surface area contributed by atoms with E-state index < -0.39 is 5.97 Å². The van der Waals surface area contributed by atoms with E-state index in [-0.39, 0.29) is 12.5 Å². The van der Waals surface area contributed by atoms with Crippen LogP contribution in [0.25, 0.3) is 22.0 Å². The number of benzene rings is 2. The molecule has 33 heavy (non-hydrogen) atoms. The number of carboxylic acids is 1. The van der Waals surface area contributed by atoms with Gasteiger partial charge < -0.3 is 19.5 Å². The number of aromatic amines is 1. The van der Waals surface area contributed by atoms with Gasteiger partial charge in [-0.25, -0.2) is 9.97 Å². The van der Waals surface area contributed by atoms with Gasteiger partial charge in [-0.05, 0) is 47.9 Å². The number of carbonyl (C=O) groups is 1. The smallest absolute Gasteiger partial charge is 0.323 e.